The number of carbonyl (C=O) groups is 1. The molecule has 0 saturated carbocycles. The third kappa shape index (κ3) is 2.89. The highest BCUT2D eigenvalue weighted by Gasteiger charge is 2.14. The number of ketones is 1. The molecule has 0 unspecified atom stereocenters. The third-order valence-corrected chi connectivity index (χ3v) is 2.14. The van der Waals surface area contributed by atoms with Crippen molar-refractivity contribution in [3.05, 3.63) is 28.3 Å². The average molecular weight is 235 g/mol. The van der Waals surface area contributed by atoms with Crippen LogP contribution in [0.15, 0.2) is 12.1 Å². The van der Waals surface area contributed by atoms with Gasteiger partial charge in [-0.25, -0.2) is 0 Å². The van der Waals surface area contributed by atoms with Crippen molar-refractivity contribution < 1.29 is 18.3 Å². The van der Waals surface area contributed by atoms with E-state index in [2.05, 4.69) is 4.74 Å². The summed E-state index contributed by atoms with van der Waals surface area (Å²) >= 11 is 5.67. The summed E-state index contributed by atoms with van der Waals surface area (Å²) in [6.07, 6.45) is 0. The van der Waals surface area contributed by atoms with Gasteiger partial charge in [0.15, 0.2) is 5.78 Å². The van der Waals surface area contributed by atoms with Gasteiger partial charge >= 0.3 is 6.61 Å². The molecule has 0 atom stereocenters. The van der Waals surface area contributed by atoms with E-state index < -0.39 is 6.61 Å². The number of hydrogen-bond donors (Lipinski definition) is 0. The van der Waals surface area contributed by atoms with Crippen LogP contribution in [-0.4, -0.2) is 12.4 Å². The molecule has 5 heteroatoms. The maximum Gasteiger partial charge on any atom is 0.387 e. The predicted octanol–water partition coefficient (Wildman–Crippen LogP) is 3.45. The van der Waals surface area contributed by atoms with Crippen LogP contribution >= 0.6 is 11.6 Å². The Morgan fingerprint density at radius 1 is 1.47 bits per heavy atom. The van der Waals surface area contributed by atoms with Gasteiger partial charge in [0.25, 0.3) is 0 Å². The second-order valence-corrected chi connectivity index (χ2v) is 3.45. The van der Waals surface area contributed by atoms with Gasteiger partial charge in [-0.1, -0.05) is 11.6 Å². The molecule has 0 N–H and O–H groups in total. The van der Waals surface area contributed by atoms with Crippen LogP contribution in [0.3, 0.4) is 0 Å². The molecule has 0 bridgehead atoms. The number of hydrogen-bond acceptors (Lipinski definition) is 2. The van der Waals surface area contributed by atoms with E-state index in [4.69, 9.17) is 11.6 Å². The van der Waals surface area contributed by atoms with E-state index in [0.29, 0.717) is 5.56 Å². The monoisotopic (exact) mass is 234 g/mol. The van der Waals surface area contributed by atoms with Gasteiger partial charge < -0.3 is 4.74 Å². The Balaban J connectivity index is 3.22. The van der Waals surface area contributed by atoms with Gasteiger partial charge in [0.2, 0.25) is 0 Å². The molecule has 2 nitrogen and oxygen atoms in total. The molecule has 0 fully saturated rings. The van der Waals surface area contributed by atoms with Crippen LogP contribution in [0.4, 0.5) is 8.78 Å². The normalized spacial score (nSPS) is 10.5. The molecule has 0 aromatic heterocycles. The summed E-state index contributed by atoms with van der Waals surface area (Å²) in [6, 6.07) is 2.69. The van der Waals surface area contributed by atoms with Gasteiger partial charge in [-0.2, -0.15) is 8.78 Å². The van der Waals surface area contributed by atoms with Crippen molar-refractivity contribution in [2.75, 3.05) is 0 Å². The first-order chi connectivity index (χ1) is 6.91. The van der Waals surface area contributed by atoms with E-state index in [9.17, 15) is 13.6 Å². The minimum atomic E-state index is -2.93. The van der Waals surface area contributed by atoms with E-state index in [1.54, 1.807) is 0 Å². The largest absolute Gasteiger partial charge is 0.434 e. The van der Waals surface area contributed by atoms with Gasteiger partial charge in [0.1, 0.15) is 5.75 Å². The lowest BCUT2D eigenvalue weighted by Crippen LogP contribution is -2.06. The van der Waals surface area contributed by atoms with Gasteiger partial charge in [-0.15, -0.1) is 0 Å². The van der Waals surface area contributed by atoms with Gasteiger partial charge in [-0.05, 0) is 26.0 Å². The quantitative estimate of drug-likeness (QED) is 0.749. The maximum absolute atomic E-state index is 12.0. The first-order valence-corrected chi connectivity index (χ1v) is 4.55. The van der Waals surface area contributed by atoms with Crippen molar-refractivity contribution in [3.8, 4) is 5.75 Å². The van der Waals surface area contributed by atoms with Crippen molar-refractivity contribution in [1.29, 1.82) is 0 Å². The Morgan fingerprint density at radius 2 is 2.07 bits per heavy atom. The summed E-state index contributed by atoms with van der Waals surface area (Å²) in [5.41, 5.74) is 0.658. The molecule has 0 spiro atoms. The van der Waals surface area contributed by atoms with Crippen LogP contribution in [0.5, 0.6) is 5.75 Å². The minimum Gasteiger partial charge on any atom is -0.434 e. The molecular formula is C10H9ClF2O2. The Bertz CT molecular complexity index is 391. The summed E-state index contributed by atoms with van der Waals surface area (Å²) in [5.74, 6) is -0.309. The highest BCUT2D eigenvalue weighted by atomic mass is 35.5. The molecule has 0 radical (unpaired) electrons. The fraction of sp³-hybridized carbons (Fsp3) is 0.300. The van der Waals surface area contributed by atoms with Crippen molar-refractivity contribution in [3.63, 3.8) is 0 Å². The molecule has 0 saturated heterocycles. The predicted molar refractivity (Wildman–Crippen MR) is 52.8 cm³/mol. The van der Waals surface area contributed by atoms with E-state index in [1.807, 2.05) is 0 Å². The smallest absolute Gasteiger partial charge is 0.387 e. The van der Waals surface area contributed by atoms with Crippen molar-refractivity contribution in [2.24, 2.45) is 0 Å². The Kier molecular flexibility index (Phi) is 3.63. The summed E-state index contributed by atoms with van der Waals surface area (Å²) in [6.45, 7) is -0.0581. The molecule has 0 aliphatic carbocycles. The Hall–Kier alpha value is -1.16. The molecule has 0 aliphatic heterocycles. The highest BCUT2D eigenvalue weighted by Crippen LogP contribution is 2.28. The summed E-state index contributed by atoms with van der Waals surface area (Å²) in [4.78, 5) is 11.2. The first-order valence-electron chi connectivity index (χ1n) is 4.17. The van der Waals surface area contributed by atoms with Crippen LogP contribution in [0.25, 0.3) is 0 Å². The van der Waals surface area contributed by atoms with Gasteiger partial charge in [0, 0.05) is 16.1 Å². The summed E-state index contributed by atoms with van der Waals surface area (Å²) in [7, 11) is 0. The molecule has 15 heavy (non-hydrogen) atoms. The number of benzene rings is 1. The SMILES string of the molecule is CC(=O)c1cc(Cl)cc(OC(F)F)c1C. The average Bonchev–Trinajstić information content (AvgIpc) is 2.09. The highest BCUT2D eigenvalue weighted by molar-refractivity contribution is 6.31. The van der Waals surface area contributed by atoms with E-state index in [1.165, 1.54) is 26.0 Å². The number of Topliss-reactive ketones (excluding diaryl/α,β-unsaturated/α-hetero) is 1. The van der Waals surface area contributed by atoms with Crippen LogP contribution in [0.2, 0.25) is 5.02 Å². The maximum atomic E-state index is 12.0. The van der Waals surface area contributed by atoms with Crippen molar-refractivity contribution in [2.45, 2.75) is 20.5 Å². The van der Waals surface area contributed by atoms with Crippen LogP contribution in [0, 0.1) is 6.92 Å². The lowest BCUT2D eigenvalue weighted by Gasteiger charge is -2.11. The number of alkyl halides is 2. The molecule has 0 heterocycles. The number of ether oxygens (including phenoxy) is 1. The molecular weight excluding hydrogens is 226 g/mol. The van der Waals surface area contributed by atoms with Crippen molar-refractivity contribution >= 4 is 17.4 Å². The molecule has 0 amide bonds. The number of rotatable bonds is 3. The van der Waals surface area contributed by atoms with Crippen molar-refractivity contribution in [1.82, 2.24) is 0 Å². The lowest BCUT2D eigenvalue weighted by atomic mass is 10.0. The van der Waals surface area contributed by atoms with Gasteiger partial charge in [0.05, 0.1) is 0 Å². The zero-order valence-corrected chi connectivity index (χ0v) is 8.94. The molecule has 1 aromatic carbocycles. The molecule has 1 rings (SSSR count). The first kappa shape index (κ1) is 11.9. The fourth-order valence-corrected chi connectivity index (χ4v) is 1.45. The zero-order valence-electron chi connectivity index (χ0n) is 8.18. The van der Waals surface area contributed by atoms with Crippen LogP contribution in [0.1, 0.15) is 22.8 Å². The number of carbonyl (C=O) groups excluding carboxylic acids is 1. The topological polar surface area (TPSA) is 26.3 Å². The molecule has 0 aliphatic rings. The van der Waals surface area contributed by atoms with Gasteiger partial charge in [-0.3, -0.25) is 4.79 Å². The second kappa shape index (κ2) is 4.57. The summed E-state index contributed by atoms with van der Waals surface area (Å²) in [5, 5.41) is 0.196. The van der Waals surface area contributed by atoms with E-state index in [0.717, 1.165) is 0 Å². The second-order valence-electron chi connectivity index (χ2n) is 3.01. The van der Waals surface area contributed by atoms with E-state index >= 15 is 0 Å². The zero-order chi connectivity index (χ0) is 11.6. The lowest BCUT2D eigenvalue weighted by molar-refractivity contribution is -0.0503. The fourth-order valence-electron chi connectivity index (χ4n) is 1.24. The Morgan fingerprint density at radius 3 is 2.53 bits per heavy atom. The molecule has 1 aromatic rings. The number of halogens is 3. The minimum absolute atomic E-state index is 0.0669. The molecule has 82 valence electrons. The Labute approximate surface area is 90.8 Å². The van der Waals surface area contributed by atoms with Crippen LogP contribution < -0.4 is 4.74 Å². The third-order valence-electron chi connectivity index (χ3n) is 1.92. The van der Waals surface area contributed by atoms with Crippen LogP contribution in [-0.2, 0) is 0 Å². The van der Waals surface area contributed by atoms with E-state index in [-0.39, 0.29) is 22.1 Å². The standard InChI is InChI=1S/C10H9ClF2O2/c1-5-8(6(2)14)3-7(11)4-9(5)15-10(12)13/h3-4,10H,1-2H3. The summed E-state index contributed by atoms with van der Waals surface area (Å²) < 4.78 is 28.3.